The van der Waals surface area contributed by atoms with Crippen molar-refractivity contribution in [1.82, 2.24) is 5.32 Å². The van der Waals surface area contributed by atoms with Crippen LogP contribution in [0.1, 0.15) is 34.1 Å². The Hall–Kier alpha value is -0.730. The van der Waals surface area contributed by atoms with E-state index in [2.05, 4.69) is 37.7 Å². The van der Waals surface area contributed by atoms with Gasteiger partial charge in [-0.1, -0.05) is 27.7 Å². The molecule has 0 aliphatic carbocycles. The van der Waals surface area contributed by atoms with Crippen LogP contribution in [-0.4, -0.2) is 19.7 Å². The van der Waals surface area contributed by atoms with Gasteiger partial charge in [0.2, 0.25) is 0 Å². The normalized spacial score (nSPS) is 11.5. The van der Waals surface area contributed by atoms with Gasteiger partial charge in [0.15, 0.2) is 0 Å². The summed E-state index contributed by atoms with van der Waals surface area (Å²) in [5, 5.41) is 2.72. The van der Waals surface area contributed by atoms with Gasteiger partial charge < -0.3 is 10.1 Å². The molecule has 0 radical (unpaired) electrons. The van der Waals surface area contributed by atoms with E-state index >= 15 is 0 Å². The molecule has 0 spiro atoms. The lowest BCUT2D eigenvalue weighted by Crippen LogP contribution is -2.34. The summed E-state index contributed by atoms with van der Waals surface area (Å²) in [5.74, 6) is 0.648. The van der Waals surface area contributed by atoms with Crippen molar-refractivity contribution >= 4 is 6.09 Å². The lowest BCUT2D eigenvalue weighted by molar-refractivity contribution is 0.162. The Balaban J connectivity index is 3.81. The Morgan fingerprint density at radius 2 is 2.00 bits per heavy atom. The average molecular weight is 187 g/mol. The molecule has 0 aliphatic rings. The maximum absolute atomic E-state index is 10.8. The van der Waals surface area contributed by atoms with Crippen molar-refractivity contribution in [2.45, 2.75) is 34.1 Å². The fourth-order valence-electron chi connectivity index (χ4n) is 1.56. The number of alkyl carbamates (subject to hydrolysis) is 1. The van der Waals surface area contributed by atoms with Crippen molar-refractivity contribution in [2.24, 2.45) is 11.3 Å². The molecule has 0 atom stereocenters. The highest BCUT2D eigenvalue weighted by atomic mass is 16.5. The molecule has 3 nitrogen and oxygen atoms in total. The predicted octanol–water partition coefficient (Wildman–Crippen LogP) is 2.41. The summed E-state index contributed by atoms with van der Waals surface area (Å²) in [5.41, 5.74) is 0.141. The fraction of sp³-hybridized carbons (Fsp3) is 0.900. The molecule has 3 heteroatoms. The first-order valence-electron chi connectivity index (χ1n) is 4.69. The summed E-state index contributed by atoms with van der Waals surface area (Å²) < 4.78 is 4.50. The lowest BCUT2D eigenvalue weighted by Gasteiger charge is -2.26. The quantitative estimate of drug-likeness (QED) is 0.734. The van der Waals surface area contributed by atoms with Crippen molar-refractivity contribution < 1.29 is 9.53 Å². The monoisotopic (exact) mass is 187 g/mol. The zero-order valence-electron chi connectivity index (χ0n) is 9.31. The third-order valence-electron chi connectivity index (χ3n) is 1.86. The van der Waals surface area contributed by atoms with E-state index in [1.165, 1.54) is 7.11 Å². The molecule has 0 heterocycles. The van der Waals surface area contributed by atoms with Crippen LogP contribution >= 0.6 is 0 Å². The van der Waals surface area contributed by atoms with Gasteiger partial charge in [0.05, 0.1) is 7.11 Å². The first-order valence-corrected chi connectivity index (χ1v) is 4.69. The van der Waals surface area contributed by atoms with Crippen LogP contribution in [0, 0.1) is 11.3 Å². The van der Waals surface area contributed by atoms with Crippen molar-refractivity contribution in [3.63, 3.8) is 0 Å². The molecule has 78 valence electrons. The standard InChI is InChI=1S/C10H21NO2/c1-8(2)6-10(3,4)7-11-9(12)13-5/h8H,6-7H2,1-5H3,(H,11,12). The molecule has 0 rings (SSSR count). The highest BCUT2D eigenvalue weighted by Crippen LogP contribution is 2.23. The SMILES string of the molecule is COC(=O)NCC(C)(C)CC(C)C. The lowest BCUT2D eigenvalue weighted by atomic mass is 9.84. The molecular weight excluding hydrogens is 166 g/mol. The molecule has 0 aromatic heterocycles. The number of carbonyl (C=O) groups excluding carboxylic acids is 1. The molecular formula is C10H21NO2. The van der Waals surface area contributed by atoms with E-state index in [1.807, 2.05) is 0 Å². The molecule has 0 aliphatic heterocycles. The van der Waals surface area contributed by atoms with Crippen LogP contribution in [0.25, 0.3) is 0 Å². The number of hydrogen-bond donors (Lipinski definition) is 1. The van der Waals surface area contributed by atoms with E-state index in [0.29, 0.717) is 12.5 Å². The average Bonchev–Trinajstić information content (AvgIpc) is 1.98. The molecule has 1 amide bonds. The van der Waals surface area contributed by atoms with Gasteiger partial charge in [0, 0.05) is 6.54 Å². The molecule has 0 saturated heterocycles. The topological polar surface area (TPSA) is 38.3 Å². The van der Waals surface area contributed by atoms with Gasteiger partial charge >= 0.3 is 6.09 Å². The van der Waals surface area contributed by atoms with Crippen molar-refractivity contribution in [3.8, 4) is 0 Å². The van der Waals surface area contributed by atoms with Gasteiger partial charge in [-0.3, -0.25) is 0 Å². The Morgan fingerprint density at radius 1 is 1.46 bits per heavy atom. The second-order valence-corrected chi connectivity index (χ2v) is 4.61. The summed E-state index contributed by atoms with van der Waals surface area (Å²) in [6, 6.07) is 0. The summed E-state index contributed by atoms with van der Waals surface area (Å²) >= 11 is 0. The molecule has 0 aromatic rings. The highest BCUT2D eigenvalue weighted by molar-refractivity contribution is 5.66. The second kappa shape index (κ2) is 5.10. The van der Waals surface area contributed by atoms with Gasteiger partial charge in [-0.15, -0.1) is 0 Å². The third-order valence-corrected chi connectivity index (χ3v) is 1.86. The van der Waals surface area contributed by atoms with E-state index in [0.717, 1.165) is 6.42 Å². The summed E-state index contributed by atoms with van der Waals surface area (Å²) in [6.45, 7) is 9.31. The maximum atomic E-state index is 10.8. The van der Waals surface area contributed by atoms with Crippen LogP contribution < -0.4 is 5.32 Å². The van der Waals surface area contributed by atoms with E-state index in [4.69, 9.17) is 0 Å². The first kappa shape index (κ1) is 12.3. The van der Waals surface area contributed by atoms with Crippen LogP contribution in [0.2, 0.25) is 0 Å². The Morgan fingerprint density at radius 3 is 2.38 bits per heavy atom. The maximum Gasteiger partial charge on any atom is 0.406 e. The van der Waals surface area contributed by atoms with Crippen LogP contribution in [0.5, 0.6) is 0 Å². The second-order valence-electron chi connectivity index (χ2n) is 4.61. The number of carbonyl (C=O) groups is 1. The van der Waals surface area contributed by atoms with Crippen LogP contribution in [0.4, 0.5) is 4.79 Å². The van der Waals surface area contributed by atoms with Crippen molar-refractivity contribution in [1.29, 1.82) is 0 Å². The molecule has 0 aromatic carbocycles. The van der Waals surface area contributed by atoms with E-state index in [-0.39, 0.29) is 11.5 Å². The highest BCUT2D eigenvalue weighted by Gasteiger charge is 2.20. The smallest absolute Gasteiger partial charge is 0.406 e. The van der Waals surface area contributed by atoms with Crippen molar-refractivity contribution in [3.05, 3.63) is 0 Å². The third kappa shape index (κ3) is 6.43. The Bertz CT molecular complexity index is 164. The fourth-order valence-corrected chi connectivity index (χ4v) is 1.56. The van der Waals surface area contributed by atoms with Gasteiger partial charge in [0.1, 0.15) is 0 Å². The summed E-state index contributed by atoms with van der Waals surface area (Å²) in [4.78, 5) is 10.8. The minimum absolute atomic E-state index is 0.141. The minimum atomic E-state index is -0.350. The summed E-state index contributed by atoms with van der Waals surface area (Å²) in [7, 11) is 1.38. The van der Waals surface area contributed by atoms with Gasteiger partial charge in [-0.05, 0) is 17.8 Å². The number of nitrogens with one attached hydrogen (secondary N) is 1. The van der Waals surface area contributed by atoms with Crippen LogP contribution in [-0.2, 0) is 4.74 Å². The zero-order chi connectivity index (χ0) is 10.5. The van der Waals surface area contributed by atoms with Gasteiger partial charge in [-0.25, -0.2) is 4.79 Å². The number of amides is 1. The van der Waals surface area contributed by atoms with Gasteiger partial charge in [-0.2, -0.15) is 0 Å². The van der Waals surface area contributed by atoms with E-state index in [9.17, 15) is 4.79 Å². The van der Waals surface area contributed by atoms with Crippen LogP contribution in [0.15, 0.2) is 0 Å². The van der Waals surface area contributed by atoms with Crippen molar-refractivity contribution in [2.75, 3.05) is 13.7 Å². The zero-order valence-corrected chi connectivity index (χ0v) is 9.31. The number of methoxy groups -OCH3 is 1. The first-order chi connectivity index (χ1) is 5.87. The molecule has 1 N–H and O–H groups in total. The predicted molar refractivity (Wildman–Crippen MR) is 53.6 cm³/mol. The number of rotatable bonds is 4. The molecule has 0 unspecified atom stereocenters. The largest absolute Gasteiger partial charge is 0.453 e. The minimum Gasteiger partial charge on any atom is -0.453 e. The van der Waals surface area contributed by atoms with Crippen LogP contribution in [0.3, 0.4) is 0 Å². The van der Waals surface area contributed by atoms with Gasteiger partial charge in [0.25, 0.3) is 0 Å². The molecule has 13 heavy (non-hydrogen) atoms. The molecule has 0 saturated carbocycles. The van der Waals surface area contributed by atoms with E-state index in [1.54, 1.807) is 0 Å². The summed E-state index contributed by atoms with van der Waals surface area (Å²) in [6.07, 6.45) is 0.744. The number of hydrogen-bond acceptors (Lipinski definition) is 2. The Kier molecular flexibility index (Phi) is 4.81. The number of ether oxygens (including phenoxy) is 1. The van der Waals surface area contributed by atoms with E-state index < -0.39 is 0 Å². The molecule has 0 bridgehead atoms. The Labute approximate surface area is 80.8 Å². The molecule has 0 fully saturated rings.